The van der Waals surface area contributed by atoms with Gasteiger partial charge >= 0.3 is 6.03 Å². The molecule has 8 N–H and O–H groups in total. The maximum atomic E-state index is 14.5. The lowest BCUT2D eigenvalue weighted by molar-refractivity contribution is -0.149. The molecule has 2 aromatic rings. The van der Waals surface area contributed by atoms with Crippen molar-refractivity contribution in [2.75, 3.05) is 79.5 Å². The van der Waals surface area contributed by atoms with Crippen LogP contribution in [0.2, 0.25) is 0 Å². The van der Waals surface area contributed by atoms with Crippen molar-refractivity contribution in [1.82, 2.24) is 62.1 Å². The second kappa shape index (κ2) is 27.1. The fraction of sp³-hybridized carbons (Fsp3) is 0.667. The number of carbonyl (C=O) groups is 7. The molecule has 19 heteroatoms. The Labute approximate surface area is 451 Å². The van der Waals surface area contributed by atoms with Crippen LogP contribution >= 0.6 is 0 Å². The second-order valence-corrected chi connectivity index (χ2v) is 23.5. The summed E-state index contributed by atoms with van der Waals surface area (Å²) < 4.78 is 0. The molecule has 76 heavy (non-hydrogen) atoms. The van der Waals surface area contributed by atoms with Gasteiger partial charge in [0.25, 0.3) is 0 Å². The van der Waals surface area contributed by atoms with Gasteiger partial charge in [-0.2, -0.15) is 0 Å². The van der Waals surface area contributed by atoms with E-state index in [0.29, 0.717) is 78.3 Å². The van der Waals surface area contributed by atoms with Crippen molar-refractivity contribution in [1.29, 1.82) is 0 Å². The first-order valence-electron chi connectivity index (χ1n) is 27.9. The molecule has 0 aromatic heterocycles. The van der Waals surface area contributed by atoms with Crippen LogP contribution in [0.25, 0.3) is 0 Å². The number of hydrogen-bond acceptors (Lipinski definition) is 11. The van der Waals surface area contributed by atoms with Crippen molar-refractivity contribution in [3.05, 3.63) is 70.8 Å². The van der Waals surface area contributed by atoms with Gasteiger partial charge in [-0.25, -0.2) is 4.79 Å². The van der Waals surface area contributed by atoms with Crippen LogP contribution < -0.4 is 42.5 Å². The number of likely N-dealkylation sites (N-methyl/N-ethyl adjacent to an activating group) is 2. The number of rotatable bonds is 20. The first-order chi connectivity index (χ1) is 36.1. The van der Waals surface area contributed by atoms with Crippen LogP contribution in [-0.2, 0) is 41.6 Å². The summed E-state index contributed by atoms with van der Waals surface area (Å²) in [7, 11) is 3.39. The summed E-state index contributed by atoms with van der Waals surface area (Å²) in [5.41, 5.74) is 3.39. The standard InChI is InChI=1S/C57H90N12O7/c1-37(58-9)49(70)64-47(56(3,4)5)53(74)68-33-31-66(35-45(68)51(72)62-43-25-15-21-39-19-11-13-23-41(39)43)29-17-27-60-55(76)61-28-18-30-67-32-34-69(54(75)48(57(6,7)8)65-50(71)38(2)59-10)46(36-67)52(73)63-44-26-16-22-40-20-12-14-24-42(40)44/h11-14,19-20,23-24,37-38,43-48,58-59H,15-18,21-22,25-36H2,1-10H3,(H,62,72)(H,63,73)(H,64,70)(H,65,71)(H2,60,61,76)/t37-,38-,43+,44+,45-,46-,47+,48+/m0/s1. The number of nitrogens with one attached hydrogen (secondary N) is 8. The minimum absolute atomic E-state index is 0.169. The molecule has 2 aliphatic heterocycles. The van der Waals surface area contributed by atoms with Crippen molar-refractivity contribution >= 4 is 41.5 Å². The van der Waals surface area contributed by atoms with Gasteiger partial charge in [0.15, 0.2) is 0 Å². The molecule has 19 nitrogen and oxygen atoms in total. The normalized spacial score (nSPS) is 21.9. The summed E-state index contributed by atoms with van der Waals surface area (Å²) in [6.07, 6.45) is 6.63. The number of amides is 8. The van der Waals surface area contributed by atoms with E-state index in [-0.39, 0.29) is 53.6 Å². The molecular weight excluding hydrogens is 965 g/mol. The van der Waals surface area contributed by atoms with Crippen LogP contribution in [0.1, 0.15) is 128 Å². The first kappa shape index (κ1) is 59.6. The van der Waals surface area contributed by atoms with E-state index in [0.717, 1.165) is 49.7 Å². The highest BCUT2D eigenvalue weighted by molar-refractivity contribution is 5.95. The number of urea groups is 1. The summed E-state index contributed by atoms with van der Waals surface area (Å²) in [6, 6.07) is 11.4. The van der Waals surface area contributed by atoms with Gasteiger partial charge < -0.3 is 52.3 Å². The van der Waals surface area contributed by atoms with Gasteiger partial charge in [-0.05, 0) is 125 Å². The Morgan fingerprint density at radius 2 is 0.947 bits per heavy atom. The van der Waals surface area contributed by atoms with Crippen LogP contribution in [0.5, 0.6) is 0 Å². The van der Waals surface area contributed by atoms with Gasteiger partial charge in [0.05, 0.1) is 24.2 Å². The zero-order valence-corrected chi connectivity index (χ0v) is 47.1. The van der Waals surface area contributed by atoms with Crippen molar-refractivity contribution in [3.63, 3.8) is 0 Å². The van der Waals surface area contributed by atoms with Gasteiger partial charge in [-0.1, -0.05) is 90.1 Å². The molecule has 8 atom stereocenters. The number of benzene rings is 2. The topological polar surface area (TPSA) is 229 Å². The predicted molar refractivity (Wildman–Crippen MR) is 295 cm³/mol. The molecule has 4 aliphatic rings. The Hall–Kier alpha value is -5.63. The second-order valence-electron chi connectivity index (χ2n) is 23.5. The van der Waals surface area contributed by atoms with Gasteiger partial charge in [0.1, 0.15) is 24.2 Å². The molecule has 0 radical (unpaired) electrons. The van der Waals surface area contributed by atoms with E-state index < -0.39 is 47.1 Å². The fourth-order valence-electron chi connectivity index (χ4n) is 10.9. The van der Waals surface area contributed by atoms with Crippen molar-refractivity contribution < 1.29 is 33.6 Å². The van der Waals surface area contributed by atoms with Gasteiger partial charge in [-0.15, -0.1) is 0 Å². The molecule has 2 saturated heterocycles. The van der Waals surface area contributed by atoms with Crippen LogP contribution in [0, 0.1) is 10.8 Å². The monoisotopic (exact) mass is 1050 g/mol. The SMILES string of the molecule is CN[C@@H](C)C(=O)N[C@H](C(=O)N1CCN(CCCNC(=O)NCCCN2CCN(C(=O)[C@@H](NC(=O)[C@H](C)NC)C(C)(C)C)[C@H](C(=O)N[C@@H]3CCCc4ccccc43)C2)C[C@H]1C(=O)N[C@@H]1CCCc2ccccc21)C(C)(C)C. The smallest absolute Gasteiger partial charge is 0.314 e. The Balaban J connectivity index is 1.02. The van der Waals surface area contributed by atoms with E-state index in [9.17, 15) is 33.6 Å². The van der Waals surface area contributed by atoms with Crippen LogP contribution in [0.4, 0.5) is 4.79 Å². The van der Waals surface area contributed by atoms with E-state index in [1.165, 1.54) is 11.1 Å². The molecule has 2 heterocycles. The number of aryl methyl sites for hydroxylation is 2. The largest absolute Gasteiger partial charge is 0.347 e. The molecular formula is C57H90N12O7. The highest BCUT2D eigenvalue weighted by Gasteiger charge is 2.45. The third-order valence-corrected chi connectivity index (χ3v) is 15.8. The zero-order chi connectivity index (χ0) is 55.3. The van der Waals surface area contributed by atoms with Gasteiger partial charge in [0, 0.05) is 52.4 Å². The summed E-state index contributed by atoms with van der Waals surface area (Å²) >= 11 is 0. The van der Waals surface area contributed by atoms with Crippen LogP contribution in [0.15, 0.2) is 48.5 Å². The molecule has 0 unspecified atom stereocenters. The summed E-state index contributed by atoms with van der Waals surface area (Å²) in [5, 5.41) is 24.4. The highest BCUT2D eigenvalue weighted by atomic mass is 16.2. The zero-order valence-electron chi connectivity index (χ0n) is 47.1. The van der Waals surface area contributed by atoms with E-state index in [1.807, 2.05) is 65.8 Å². The van der Waals surface area contributed by atoms with E-state index >= 15 is 0 Å². The first-order valence-corrected chi connectivity index (χ1v) is 27.9. The molecule has 420 valence electrons. The lowest BCUT2D eigenvalue weighted by atomic mass is 9.85. The number of nitrogens with zero attached hydrogens (tertiary/aromatic N) is 4. The maximum Gasteiger partial charge on any atom is 0.314 e. The Morgan fingerprint density at radius 1 is 0.566 bits per heavy atom. The summed E-state index contributed by atoms with van der Waals surface area (Å²) in [5.74, 6) is -1.62. The molecule has 0 saturated carbocycles. The van der Waals surface area contributed by atoms with Crippen molar-refractivity contribution in [2.45, 2.75) is 155 Å². The summed E-state index contributed by atoms with van der Waals surface area (Å²) in [6.45, 7) is 19.2. The van der Waals surface area contributed by atoms with Crippen molar-refractivity contribution in [2.24, 2.45) is 10.8 Å². The number of fused-ring (bicyclic) bond motifs is 2. The summed E-state index contributed by atoms with van der Waals surface area (Å²) in [4.78, 5) is 105. The number of hydrogen-bond donors (Lipinski definition) is 8. The molecule has 6 rings (SSSR count). The number of piperazine rings is 2. The Bertz CT molecular complexity index is 2180. The Morgan fingerprint density at radius 3 is 1.32 bits per heavy atom. The van der Waals surface area contributed by atoms with Crippen LogP contribution in [-0.4, -0.2) is 177 Å². The average molecular weight is 1060 g/mol. The minimum Gasteiger partial charge on any atom is -0.347 e. The fourth-order valence-corrected chi connectivity index (χ4v) is 10.9. The van der Waals surface area contributed by atoms with Crippen molar-refractivity contribution in [3.8, 4) is 0 Å². The minimum atomic E-state index is -0.856. The lowest BCUT2D eigenvalue weighted by Gasteiger charge is -2.44. The third kappa shape index (κ3) is 15.7. The molecule has 0 spiro atoms. The van der Waals surface area contributed by atoms with E-state index in [4.69, 9.17) is 0 Å². The molecule has 2 aromatic carbocycles. The quantitative estimate of drug-likeness (QED) is 0.0900. The van der Waals surface area contributed by atoms with Crippen LogP contribution in [0.3, 0.4) is 0 Å². The lowest BCUT2D eigenvalue weighted by Crippen LogP contribution is -2.66. The molecule has 2 fully saturated rings. The molecule has 2 aliphatic carbocycles. The molecule has 0 bridgehead atoms. The van der Waals surface area contributed by atoms with Gasteiger partial charge in [0.2, 0.25) is 35.4 Å². The molecule has 8 amide bonds. The highest BCUT2D eigenvalue weighted by Crippen LogP contribution is 2.32. The maximum absolute atomic E-state index is 14.5. The Kier molecular flexibility index (Phi) is 21.3. The van der Waals surface area contributed by atoms with E-state index in [1.54, 1.807) is 37.7 Å². The number of carbonyl (C=O) groups excluding carboxylic acids is 7. The van der Waals surface area contributed by atoms with E-state index in [2.05, 4.69) is 76.6 Å². The predicted octanol–water partition coefficient (Wildman–Crippen LogP) is 2.76. The average Bonchev–Trinajstić information content (AvgIpc) is 3.41. The van der Waals surface area contributed by atoms with Gasteiger partial charge in [-0.3, -0.25) is 38.6 Å². The third-order valence-electron chi connectivity index (χ3n) is 15.8.